The number of nitrogens with two attached hydrogens (primary N) is 1. The van der Waals surface area contributed by atoms with Crippen LogP contribution in [0.3, 0.4) is 0 Å². The number of rotatable bonds is 1. The van der Waals surface area contributed by atoms with E-state index >= 15 is 0 Å². The standard InChI is InChI=1S/C7H9FI2N/c8-6-5(9)2-1-4(3-11)7(6)10/h1,5,10H,2-3,11H2/q+1. The van der Waals surface area contributed by atoms with Crippen LogP contribution in [0.2, 0.25) is 0 Å². The molecule has 2 N–H and O–H groups in total. The fourth-order valence-electron chi connectivity index (χ4n) is 0.914. The lowest BCUT2D eigenvalue weighted by atomic mass is 10.1. The average molecular weight is 380 g/mol. The number of allylic oxidation sites excluding steroid dienone is 2. The van der Waals surface area contributed by atoms with Crippen LogP contribution in [0.25, 0.3) is 0 Å². The first-order valence-corrected chi connectivity index (χ1v) is 5.68. The lowest BCUT2D eigenvalue weighted by Crippen LogP contribution is -3.33. The van der Waals surface area contributed by atoms with Crippen LogP contribution in [-0.4, -0.2) is 10.5 Å². The van der Waals surface area contributed by atoms with E-state index in [1.54, 1.807) is 22.6 Å². The maximum Gasteiger partial charge on any atom is 0.299 e. The predicted molar refractivity (Wildman–Crippen MR) is 49.1 cm³/mol. The SMILES string of the molecule is NCC1=CCC(I)C(F)=C1[IH+]. The third-order valence-corrected chi connectivity index (χ3v) is 3.93. The Hall–Kier alpha value is 0.830. The molecule has 0 aromatic rings. The molecule has 1 aliphatic carbocycles. The summed E-state index contributed by atoms with van der Waals surface area (Å²) in [5, 5.41) is 0. The van der Waals surface area contributed by atoms with Crippen molar-refractivity contribution in [3.8, 4) is 0 Å². The van der Waals surface area contributed by atoms with Gasteiger partial charge in [0.25, 0.3) is 22.6 Å². The van der Waals surface area contributed by atoms with Gasteiger partial charge in [-0.3, -0.25) is 0 Å². The van der Waals surface area contributed by atoms with E-state index in [1.165, 1.54) is 0 Å². The summed E-state index contributed by atoms with van der Waals surface area (Å²) in [6.45, 7) is 0.450. The van der Waals surface area contributed by atoms with Crippen molar-refractivity contribution in [1.29, 1.82) is 0 Å². The van der Waals surface area contributed by atoms with Gasteiger partial charge in [-0.05, 0) is 6.42 Å². The van der Waals surface area contributed by atoms with Gasteiger partial charge in [-0.2, -0.15) is 0 Å². The van der Waals surface area contributed by atoms with Gasteiger partial charge in [0.1, 0.15) is 0 Å². The summed E-state index contributed by atoms with van der Waals surface area (Å²) in [6.07, 6.45) is 2.80. The Morgan fingerprint density at radius 2 is 2.45 bits per heavy atom. The first-order chi connectivity index (χ1) is 5.16. The summed E-state index contributed by atoms with van der Waals surface area (Å²) < 4.78 is 13.9. The van der Waals surface area contributed by atoms with E-state index in [0.29, 0.717) is 6.54 Å². The van der Waals surface area contributed by atoms with E-state index in [0.717, 1.165) is 15.6 Å². The van der Waals surface area contributed by atoms with E-state index < -0.39 is 0 Å². The van der Waals surface area contributed by atoms with Gasteiger partial charge < -0.3 is 5.73 Å². The topological polar surface area (TPSA) is 26.0 Å². The highest BCUT2D eigenvalue weighted by molar-refractivity contribution is 14.1. The molecule has 0 spiro atoms. The summed E-state index contributed by atoms with van der Waals surface area (Å²) in [4.78, 5) is 0. The van der Waals surface area contributed by atoms with Gasteiger partial charge in [0.05, 0.1) is 3.92 Å². The maximum absolute atomic E-state index is 13.2. The van der Waals surface area contributed by atoms with Crippen LogP contribution >= 0.6 is 22.6 Å². The van der Waals surface area contributed by atoms with Crippen molar-refractivity contribution in [1.82, 2.24) is 0 Å². The minimum Gasteiger partial charge on any atom is -0.326 e. The van der Waals surface area contributed by atoms with E-state index in [4.69, 9.17) is 5.73 Å². The van der Waals surface area contributed by atoms with Crippen LogP contribution in [0.15, 0.2) is 21.1 Å². The fourth-order valence-corrected chi connectivity index (χ4v) is 3.02. The minimum absolute atomic E-state index is 0.00153. The second-order valence-electron chi connectivity index (χ2n) is 2.31. The third kappa shape index (κ3) is 2.15. The Morgan fingerprint density at radius 3 is 3.00 bits per heavy atom. The normalized spacial score (nSPS) is 25.5. The molecule has 1 aliphatic rings. The van der Waals surface area contributed by atoms with E-state index in [-0.39, 0.29) is 9.75 Å². The lowest BCUT2D eigenvalue weighted by molar-refractivity contribution is -0.301. The molecule has 0 bridgehead atoms. The molecule has 1 rings (SSSR count). The van der Waals surface area contributed by atoms with Crippen molar-refractivity contribution in [2.45, 2.75) is 10.3 Å². The van der Waals surface area contributed by atoms with Crippen LogP contribution in [0.5, 0.6) is 0 Å². The Labute approximate surface area is 92.6 Å². The second-order valence-corrected chi connectivity index (χ2v) is 4.98. The van der Waals surface area contributed by atoms with Gasteiger partial charge in [-0.1, -0.05) is 28.7 Å². The Balaban J connectivity index is 2.90. The molecule has 0 aliphatic heterocycles. The van der Waals surface area contributed by atoms with Gasteiger partial charge in [0.15, 0.2) is 5.83 Å². The van der Waals surface area contributed by atoms with Crippen LogP contribution in [0.1, 0.15) is 6.42 Å². The second kappa shape index (κ2) is 4.18. The summed E-state index contributed by atoms with van der Waals surface area (Å²) >= 11 is 3.82. The molecule has 0 fully saturated rings. The quantitative estimate of drug-likeness (QED) is 0.437. The van der Waals surface area contributed by atoms with Crippen LogP contribution in [0.4, 0.5) is 4.39 Å². The van der Waals surface area contributed by atoms with Crippen LogP contribution < -0.4 is 28.3 Å². The summed E-state index contributed by atoms with van der Waals surface area (Å²) in [7, 11) is 0. The first kappa shape index (κ1) is 9.91. The molecule has 4 heteroatoms. The zero-order valence-electron chi connectivity index (χ0n) is 5.81. The summed E-state index contributed by atoms with van der Waals surface area (Å²) in [6, 6.07) is 0. The van der Waals surface area contributed by atoms with Gasteiger partial charge in [-0.25, -0.2) is 4.39 Å². The van der Waals surface area contributed by atoms with Gasteiger partial charge in [0, 0.05) is 12.1 Å². The van der Waals surface area contributed by atoms with Crippen molar-refractivity contribution in [2.24, 2.45) is 5.73 Å². The van der Waals surface area contributed by atoms with Crippen molar-refractivity contribution >= 4 is 22.6 Å². The Bertz CT molecular complexity index is 222. The van der Waals surface area contributed by atoms with E-state index in [2.05, 4.69) is 22.6 Å². The van der Waals surface area contributed by atoms with Crippen molar-refractivity contribution in [3.05, 3.63) is 21.1 Å². The van der Waals surface area contributed by atoms with Gasteiger partial charge in [-0.15, -0.1) is 0 Å². The molecule has 11 heavy (non-hydrogen) atoms. The molecule has 1 atom stereocenters. The largest absolute Gasteiger partial charge is 0.326 e. The van der Waals surface area contributed by atoms with Crippen molar-refractivity contribution < 1.29 is 27.0 Å². The molecule has 0 amide bonds. The molecular formula is C7H9FI2N+. The van der Waals surface area contributed by atoms with E-state index in [1.807, 2.05) is 6.08 Å². The average Bonchev–Trinajstić information content (AvgIpc) is 2.01. The molecular weight excluding hydrogens is 371 g/mol. The lowest BCUT2D eigenvalue weighted by Gasteiger charge is -2.11. The molecule has 1 nitrogen and oxygen atoms in total. The van der Waals surface area contributed by atoms with Crippen LogP contribution in [-0.2, 0) is 0 Å². The van der Waals surface area contributed by atoms with Gasteiger partial charge >= 0.3 is 0 Å². The highest BCUT2D eigenvalue weighted by Gasteiger charge is 2.25. The van der Waals surface area contributed by atoms with E-state index in [9.17, 15) is 4.39 Å². The molecule has 0 heterocycles. The Kier molecular flexibility index (Phi) is 3.76. The highest BCUT2D eigenvalue weighted by atomic mass is 127. The fraction of sp³-hybridized carbons (Fsp3) is 0.429. The minimum atomic E-state index is -0.00153. The number of alkyl halides is 1. The summed E-state index contributed by atoms with van der Waals surface area (Å²) in [5.74, 6) is -0.00153. The molecule has 1 unspecified atom stereocenters. The maximum atomic E-state index is 13.2. The predicted octanol–water partition coefficient (Wildman–Crippen LogP) is -1.45. The van der Waals surface area contributed by atoms with Gasteiger partial charge in [0.2, 0.25) is 3.58 Å². The monoisotopic (exact) mass is 380 g/mol. The van der Waals surface area contributed by atoms with Crippen molar-refractivity contribution in [2.75, 3.05) is 6.54 Å². The molecule has 0 aromatic carbocycles. The molecule has 0 radical (unpaired) electrons. The highest BCUT2D eigenvalue weighted by Crippen LogP contribution is 2.26. The first-order valence-electron chi connectivity index (χ1n) is 3.27. The molecule has 0 saturated heterocycles. The van der Waals surface area contributed by atoms with Crippen molar-refractivity contribution in [3.63, 3.8) is 0 Å². The number of hydrogen-bond donors (Lipinski definition) is 1. The summed E-state index contributed by atoms with van der Waals surface area (Å²) in [5.41, 5.74) is 6.39. The Morgan fingerprint density at radius 1 is 1.82 bits per heavy atom. The number of halogens is 3. The molecule has 0 saturated carbocycles. The zero-order chi connectivity index (χ0) is 8.43. The third-order valence-electron chi connectivity index (χ3n) is 1.57. The molecule has 62 valence electrons. The molecule has 0 aromatic heterocycles. The number of hydrogen-bond acceptors (Lipinski definition) is 1. The van der Waals surface area contributed by atoms with Crippen LogP contribution in [0, 0.1) is 0 Å². The smallest absolute Gasteiger partial charge is 0.299 e. The zero-order valence-corrected chi connectivity index (χ0v) is 10.3.